The quantitative estimate of drug-likeness (QED) is 0.811. The highest BCUT2D eigenvalue weighted by Crippen LogP contribution is 2.19. The topological polar surface area (TPSA) is 70.3 Å². The van der Waals surface area contributed by atoms with Gasteiger partial charge in [0.1, 0.15) is 11.5 Å². The van der Waals surface area contributed by atoms with Gasteiger partial charge in [-0.15, -0.1) is 0 Å². The third-order valence-electron chi connectivity index (χ3n) is 1.84. The monoisotopic (exact) mass is 205 g/mol. The molecule has 78 valence electrons. The van der Waals surface area contributed by atoms with Crippen molar-refractivity contribution in [2.75, 3.05) is 0 Å². The zero-order valence-corrected chi connectivity index (χ0v) is 8.30. The van der Waals surface area contributed by atoms with Crippen molar-refractivity contribution in [3.8, 4) is 17.6 Å². The van der Waals surface area contributed by atoms with Crippen LogP contribution in [0.4, 0.5) is 0 Å². The molecule has 1 aromatic carbocycles. The van der Waals surface area contributed by atoms with Gasteiger partial charge >= 0.3 is 0 Å². The van der Waals surface area contributed by atoms with E-state index in [1.807, 2.05) is 0 Å². The summed E-state index contributed by atoms with van der Waals surface area (Å²) in [7, 11) is 0. The highest BCUT2D eigenvalue weighted by molar-refractivity contribution is 5.84. The Labute approximate surface area is 87.7 Å². The molecule has 1 rings (SSSR count). The normalized spacial score (nSPS) is 11.5. The van der Waals surface area contributed by atoms with E-state index in [1.54, 1.807) is 25.1 Å². The fourth-order valence-electron chi connectivity index (χ4n) is 1.05. The first-order chi connectivity index (χ1) is 7.13. The summed E-state index contributed by atoms with van der Waals surface area (Å²) in [4.78, 5) is 11.2. The highest BCUT2D eigenvalue weighted by Gasteiger charge is 2.13. The van der Waals surface area contributed by atoms with Crippen LogP contribution in [0.15, 0.2) is 24.3 Å². The number of benzene rings is 1. The minimum Gasteiger partial charge on any atom is -0.508 e. The summed E-state index contributed by atoms with van der Waals surface area (Å²) < 4.78 is 5.25. The second kappa shape index (κ2) is 5.01. The van der Waals surface area contributed by atoms with Gasteiger partial charge in [-0.2, -0.15) is 5.26 Å². The number of carbonyl (C=O) groups excluding carboxylic acids is 1. The first-order valence-corrected chi connectivity index (χ1v) is 4.49. The Morgan fingerprint density at radius 3 is 3.00 bits per heavy atom. The van der Waals surface area contributed by atoms with E-state index in [1.165, 1.54) is 12.1 Å². The van der Waals surface area contributed by atoms with Crippen LogP contribution in [0.25, 0.3) is 0 Å². The molecule has 0 spiro atoms. The van der Waals surface area contributed by atoms with E-state index in [-0.39, 0.29) is 18.0 Å². The molecule has 0 aliphatic carbocycles. The van der Waals surface area contributed by atoms with Gasteiger partial charge in [-0.25, -0.2) is 0 Å². The second-order valence-corrected chi connectivity index (χ2v) is 3.06. The summed E-state index contributed by atoms with van der Waals surface area (Å²) in [6, 6.07) is 7.94. The molecular formula is C11H11NO3. The number of aromatic hydroxyl groups is 1. The third-order valence-corrected chi connectivity index (χ3v) is 1.84. The molecule has 4 nitrogen and oxygen atoms in total. The van der Waals surface area contributed by atoms with Crippen LogP contribution < -0.4 is 4.74 Å². The van der Waals surface area contributed by atoms with E-state index < -0.39 is 6.10 Å². The minimum atomic E-state index is -0.675. The SMILES string of the molecule is CC(Oc1cccc(O)c1)C(=O)CC#N. The largest absolute Gasteiger partial charge is 0.508 e. The Hall–Kier alpha value is -2.02. The van der Waals surface area contributed by atoms with E-state index >= 15 is 0 Å². The third kappa shape index (κ3) is 3.31. The summed E-state index contributed by atoms with van der Waals surface area (Å²) in [5.41, 5.74) is 0. The molecule has 1 aromatic rings. The summed E-state index contributed by atoms with van der Waals surface area (Å²) in [6.07, 6.45) is -0.841. The van der Waals surface area contributed by atoms with Gasteiger partial charge in [0.15, 0.2) is 11.9 Å². The van der Waals surface area contributed by atoms with Crippen LogP contribution in [-0.4, -0.2) is 17.0 Å². The van der Waals surface area contributed by atoms with Crippen LogP contribution in [-0.2, 0) is 4.79 Å². The number of nitriles is 1. The van der Waals surface area contributed by atoms with E-state index in [0.717, 1.165) is 0 Å². The number of Topliss-reactive ketones (excluding diaryl/α,β-unsaturated/α-hetero) is 1. The Morgan fingerprint density at radius 2 is 2.40 bits per heavy atom. The lowest BCUT2D eigenvalue weighted by Gasteiger charge is -2.11. The summed E-state index contributed by atoms with van der Waals surface area (Å²) >= 11 is 0. The number of ether oxygens (including phenoxy) is 1. The number of ketones is 1. The lowest BCUT2D eigenvalue weighted by molar-refractivity contribution is -0.124. The molecule has 0 bridgehead atoms. The van der Waals surface area contributed by atoms with Crippen molar-refractivity contribution in [2.24, 2.45) is 0 Å². The first kappa shape index (κ1) is 11.1. The molecule has 0 radical (unpaired) electrons. The van der Waals surface area contributed by atoms with Gasteiger partial charge in [0.2, 0.25) is 0 Å². The minimum absolute atomic E-state index is 0.0763. The molecule has 0 saturated heterocycles. The van der Waals surface area contributed by atoms with Gasteiger partial charge in [-0.3, -0.25) is 4.79 Å². The zero-order valence-electron chi connectivity index (χ0n) is 8.30. The van der Waals surface area contributed by atoms with Crippen molar-refractivity contribution >= 4 is 5.78 Å². The van der Waals surface area contributed by atoms with Crippen molar-refractivity contribution in [1.29, 1.82) is 5.26 Å². The van der Waals surface area contributed by atoms with Gasteiger partial charge < -0.3 is 9.84 Å². The van der Waals surface area contributed by atoms with Crippen molar-refractivity contribution < 1.29 is 14.6 Å². The van der Waals surface area contributed by atoms with Crippen molar-refractivity contribution in [1.82, 2.24) is 0 Å². The number of rotatable bonds is 4. The van der Waals surface area contributed by atoms with Crippen molar-refractivity contribution in [3.05, 3.63) is 24.3 Å². The van der Waals surface area contributed by atoms with Crippen molar-refractivity contribution in [3.63, 3.8) is 0 Å². The number of hydrogen-bond donors (Lipinski definition) is 1. The molecular weight excluding hydrogens is 194 g/mol. The van der Waals surface area contributed by atoms with E-state index in [2.05, 4.69) is 0 Å². The van der Waals surface area contributed by atoms with Crippen LogP contribution >= 0.6 is 0 Å². The number of hydrogen-bond acceptors (Lipinski definition) is 4. The van der Waals surface area contributed by atoms with Gasteiger partial charge in [0.25, 0.3) is 0 Å². The molecule has 1 unspecified atom stereocenters. The summed E-state index contributed by atoms with van der Waals surface area (Å²) in [6.45, 7) is 1.57. The fourth-order valence-corrected chi connectivity index (χ4v) is 1.05. The molecule has 4 heteroatoms. The molecule has 0 heterocycles. The molecule has 0 saturated carbocycles. The molecule has 0 aliphatic heterocycles. The van der Waals surface area contributed by atoms with Gasteiger partial charge in [0, 0.05) is 6.07 Å². The maximum Gasteiger partial charge on any atom is 0.186 e. The van der Waals surface area contributed by atoms with Crippen LogP contribution in [0.5, 0.6) is 11.5 Å². The molecule has 15 heavy (non-hydrogen) atoms. The lowest BCUT2D eigenvalue weighted by Crippen LogP contribution is -2.23. The molecule has 0 fully saturated rings. The molecule has 1 atom stereocenters. The number of phenolic OH excluding ortho intramolecular Hbond substituents is 1. The average molecular weight is 205 g/mol. The Kier molecular flexibility index (Phi) is 3.69. The van der Waals surface area contributed by atoms with E-state index in [4.69, 9.17) is 15.1 Å². The van der Waals surface area contributed by atoms with Crippen LogP contribution in [0.3, 0.4) is 0 Å². The smallest absolute Gasteiger partial charge is 0.186 e. The number of carbonyl (C=O) groups is 1. The average Bonchev–Trinajstić information content (AvgIpc) is 2.18. The van der Waals surface area contributed by atoms with Gasteiger partial charge in [-0.05, 0) is 19.1 Å². The van der Waals surface area contributed by atoms with Gasteiger partial charge in [-0.1, -0.05) is 6.07 Å². The van der Waals surface area contributed by atoms with Gasteiger partial charge in [0.05, 0.1) is 12.5 Å². The number of nitrogens with zero attached hydrogens (tertiary/aromatic N) is 1. The summed E-state index contributed by atoms with van der Waals surface area (Å²) in [5, 5.41) is 17.5. The molecule has 0 aromatic heterocycles. The standard InChI is InChI=1S/C11H11NO3/c1-8(11(14)5-6-12)15-10-4-2-3-9(13)7-10/h2-4,7-8,13H,5H2,1H3. The Bertz CT molecular complexity index is 395. The van der Waals surface area contributed by atoms with E-state index in [9.17, 15) is 4.79 Å². The second-order valence-electron chi connectivity index (χ2n) is 3.06. The van der Waals surface area contributed by atoms with Crippen molar-refractivity contribution in [2.45, 2.75) is 19.4 Å². The maximum atomic E-state index is 11.2. The Morgan fingerprint density at radius 1 is 1.67 bits per heavy atom. The predicted molar refractivity (Wildman–Crippen MR) is 53.4 cm³/mol. The number of phenols is 1. The highest BCUT2D eigenvalue weighted by atomic mass is 16.5. The molecule has 0 amide bonds. The first-order valence-electron chi connectivity index (χ1n) is 4.49. The zero-order chi connectivity index (χ0) is 11.3. The fraction of sp³-hybridized carbons (Fsp3) is 0.273. The molecule has 0 aliphatic rings. The Balaban J connectivity index is 2.63. The predicted octanol–water partition coefficient (Wildman–Crippen LogP) is 1.64. The van der Waals surface area contributed by atoms with E-state index in [0.29, 0.717) is 5.75 Å². The summed E-state index contributed by atoms with van der Waals surface area (Å²) in [5.74, 6) is 0.210. The van der Waals surface area contributed by atoms with Crippen LogP contribution in [0.2, 0.25) is 0 Å². The van der Waals surface area contributed by atoms with Crippen LogP contribution in [0, 0.1) is 11.3 Å². The maximum absolute atomic E-state index is 11.2. The van der Waals surface area contributed by atoms with Crippen LogP contribution in [0.1, 0.15) is 13.3 Å². The lowest BCUT2D eigenvalue weighted by atomic mass is 10.2. The molecule has 1 N–H and O–H groups in total.